The maximum atomic E-state index is 11.4. The van der Waals surface area contributed by atoms with Gasteiger partial charge < -0.3 is 19.2 Å². The summed E-state index contributed by atoms with van der Waals surface area (Å²) in [6.45, 7) is 3.95. The molecule has 0 saturated heterocycles. The van der Waals surface area contributed by atoms with Gasteiger partial charge in [0.25, 0.3) is 6.01 Å². The SMILES string of the molecule is CCCCCCCCN(CCOc1ccccc1C(=O)O)c1nc2ccccc2o1. The molecule has 3 rings (SSSR count). The molecule has 0 aliphatic heterocycles. The Balaban J connectivity index is 1.62. The number of carboxylic acids is 1. The number of fused-ring (bicyclic) bond motifs is 1. The molecule has 0 aliphatic carbocycles. The van der Waals surface area contributed by atoms with Crippen LogP contribution in [0.2, 0.25) is 0 Å². The number of unbranched alkanes of at least 4 members (excludes halogenated alkanes) is 5. The summed E-state index contributed by atoms with van der Waals surface area (Å²) in [5.74, 6) is -0.615. The smallest absolute Gasteiger partial charge is 0.339 e. The number of ether oxygens (including phenoxy) is 1. The maximum absolute atomic E-state index is 11.4. The second kappa shape index (κ2) is 11.2. The normalized spacial score (nSPS) is 11.0. The molecular weight excluding hydrogens is 380 g/mol. The van der Waals surface area contributed by atoms with E-state index in [0.717, 1.165) is 24.1 Å². The molecule has 0 unspecified atom stereocenters. The van der Waals surface area contributed by atoms with Crippen LogP contribution in [-0.2, 0) is 0 Å². The molecule has 3 aromatic rings. The molecule has 1 aromatic heterocycles. The number of oxazole rings is 1. The van der Waals surface area contributed by atoms with Gasteiger partial charge in [-0.1, -0.05) is 63.3 Å². The zero-order valence-corrected chi connectivity index (χ0v) is 17.5. The number of carbonyl (C=O) groups is 1. The van der Waals surface area contributed by atoms with E-state index in [1.54, 1.807) is 24.3 Å². The highest BCUT2D eigenvalue weighted by atomic mass is 16.5. The van der Waals surface area contributed by atoms with Crippen LogP contribution < -0.4 is 9.64 Å². The Labute approximate surface area is 177 Å². The number of hydrogen-bond donors (Lipinski definition) is 1. The monoisotopic (exact) mass is 410 g/mol. The van der Waals surface area contributed by atoms with Gasteiger partial charge in [0, 0.05) is 6.54 Å². The minimum absolute atomic E-state index is 0.168. The molecule has 160 valence electrons. The van der Waals surface area contributed by atoms with E-state index in [2.05, 4.69) is 16.8 Å². The third-order valence-electron chi connectivity index (χ3n) is 5.07. The fraction of sp³-hybridized carbons (Fsp3) is 0.417. The van der Waals surface area contributed by atoms with Gasteiger partial charge in [-0.05, 0) is 30.7 Å². The van der Waals surface area contributed by atoms with Crippen LogP contribution in [0.3, 0.4) is 0 Å². The van der Waals surface area contributed by atoms with E-state index in [1.807, 2.05) is 24.3 Å². The van der Waals surface area contributed by atoms with Crippen molar-refractivity contribution in [3.8, 4) is 5.75 Å². The maximum Gasteiger partial charge on any atom is 0.339 e. The van der Waals surface area contributed by atoms with Crippen molar-refractivity contribution in [2.24, 2.45) is 0 Å². The lowest BCUT2D eigenvalue weighted by Gasteiger charge is -2.21. The van der Waals surface area contributed by atoms with E-state index in [-0.39, 0.29) is 5.56 Å². The van der Waals surface area contributed by atoms with Gasteiger partial charge in [0.15, 0.2) is 5.58 Å². The number of carboxylic acid groups (broad SMARTS) is 1. The molecule has 1 N–H and O–H groups in total. The Morgan fingerprint density at radius 1 is 1.00 bits per heavy atom. The molecule has 6 heteroatoms. The summed E-state index contributed by atoms with van der Waals surface area (Å²) in [4.78, 5) is 18.1. The molecule has 0 bridgehead atoms. The summed E-state index contributed by atoms with van der Waals surface area (Å²) in [6, 6.07) is 15.0. The summed E-state index contributed by atoms with van der Waals surface area (Å²) in [5.41, 5.74) is 1.76. The highest BCUT2D eigenvalue weighted by molar-refractivity contribution is 5.90. The lowest BCUT2D eigenvalue weighted by Crippen LogP contribution is -2.30. The van der Waals surface area contributed by atoms with Crippen LogP contribution in [-0.4, -0.2) is 35.8 Å². The molecule has 6 nitrogen and oxygen atoms in total. The van der Waals surface area contributed by atoms with Crippen LogP contribution in [0.4, 0.5) is 6.01 Å². The largest absolute Gasteiger partial charge is 0.491 e. The Kier molecular flexibility index (Phi) is 8.12. The molecular formula is C24H30N2O4. The van der Waals surface area contributed by atoms with Crippen LogP contribution >= 0.6 is 0 Å². The number of rotatable bonds is 13. The Morgan fingerprint density at radius 3 is 2.53 bits per heavy atom. The molecule has 0 atom stereocenters. The predicted octanol–water partition coefficient (Wildman–Crippen LogP) is 5.77. The number of aromatic nitrogens is 1. The number of para-hydroxylation sites is 3. The van der Waals surface area contributed by atoms with Crippen LogP contribution in [0.25, 0.3) is 11.1 Å². The van der Waals surface area contributed by atoms with E-state index >= 15 is 0 Å². The molecule has 0 saturated carbocycles. The first-order valence-electron chi connectivity index (χ1n) is 10.7. The predicted molar refractivity (Wildman–Crippen MR) is 118 cm³/mol. The second-order valence-electron chi connectivity index (χ2n) is 7.37. The van der Waals surface area contributed by atoms with Gasteiger partial charge in [-0.2, -0.15) is 4.98 Å². The average Bonchev–Trinajstić information content (AvgIpc) is 3.19. The van der Waals surface area contributed by atoms with Crippen molar-refractivity contribution in [3.05, 3.63) is 54.1 Å². The van der Waals surface area contributed by atoms with E-state index in [9.17, 15) is 9.90 Å². The first kappa shape index (κ1) is 21.7. The zero-order valence-electron chi connectivity index (χ0n) is 17.5. The molecule has 0 radical (unpaired) electrons. The highest BCUT2D eigenvalue weighted by Gasteiger charge is 2.15. The second-order valence-corrected chi connectivity index (χ2v) is 7.37. The number of nitrogens with zero attached hydrogens (tertiary/aromatic N) is 2. The van der Waals surface area contributed by atoms with E-state index in [1.165, 1.54) is 32.1 Å². The van der Waals surface area contributed by atoms with Gasteiger partial charge >= 0.3 is 5.97 Å². The van der Waals surface area contributed by atoms with Gasteiger partial charge in [0.1, 0.15) is 23.4 Å². The Bertz CT molecular complexity index is 905. The first-order chi connectivity index (χ1) is 14.7. The summed E-state index contributed by atoms with van der Waals surface area (Å²) < 4.78 is 11.7. The summed E-state index contributed by atoms with van der Waals surface area (Å²) in [5, 5.41) is 9.32. The highest BCUT2D eigenvalue weighted by Crippen LogP contribution is 2.23. The van der Waals surface area contributed by atoms with Crippen molar-refractivity contribution in [2.45, 2.75) is 45.4 Å². The summed E-state index contributed by atoms with van der Waals surface area (Å²) in [7, 11) is 0. The van der Waals surface area contributed by atoms with Gasteiger partial charge in [-0.15, -0.1) is 0 Å². The number of anilines is 1. The van der Waals surface area contributed by atoms with Gasteiger partial charge in [-0.3, -0.25) is 0 Å². The third kappa shape index (κ3) is 5.99. The van der Waals surface area contributed by atoms with Crippen LogP contribution in [0.15, 0.2) is 52.9 Å². The van der Waals surface area contributed by atoms with Crippen molar-refractivity contribution in [1.29, 1.82) is 0 Å². The molecule has 0 amide bonds. The van der Waals surface area contributed by atoms with Crippen molar-refractivity contribution in [3.63, 3.8) is 0 Å². The lowest BCUT2D eigenvalue weighted by molar-refractivity contribution is 0.0692. The number of aromatic carboxylic acids is 1. The molecule has 2 aromatic carbocycles. The number of hydrogen-bond acceptors (Lipinski definition) is 5. The molecule has 0 aliphatic rings. The lowest BCUT2D eigenvalue weighted by atomic mass is 10.1. The summed E-state index contributed by atoms with van der Waals surface area (Å²) >= 11 is 0. The molecule has 30 heavy (non-hydrogen) atoms. The van der Waals surface area contributed by atoms with Crippen molar-refractivity contribution in [2.75, 3.05) is 24.6 Å². The van der Waals surface area contributed by atoms with Crippen LogP contribution in [0, 0.1) is 0 Å². The standard InChI is InChI=1S/C24H30N2O4/c1-2-3-4-5-6-11-16-26(24-25-20-13-8-10-15-22(20)30-24)17-18-29-21-14-9-7-12-19(21)23(27)28/h7-10,12-15H,2-6,11,16-18H2,1H3,(H,27,28). The fourth-order valence-electron chi connectivity index (χ4n) is 3.42. The van der Waals surface area contributed by atoms with E-state index < -0.39 is 5.97 Å². The minimum atomic E-state index is -0.992. The van der Waals surface area contributed by atoms with Crippen LogP contribution in [0.5, 0.6) is 5.75 Å². The van der Waals surface area contributed by atoms with Crippen molar-refractivity contribution < 1.29 is 19.1 Å². The molecule has 1 heterocycles. The number of benzene rings is 2. The Morgan fingerprint density at radius 2 is 1.73 bits per heavy atom. The Hall–Kier alpha value is -3.02. The average molecular weight is 411 g/mol. The van der Waals surface area contributed by atoms with Gasteiger partial charge in [-0.25, -0.2) is 4.79 Å². The van der Waals surface area contributed by atoms with E-state index in [4.69, 9.17) is 9.15 Å². The summed E-state index contributed by atoms with van der Waals surface area (Å²) in [6.07, 6.45) is 7.25. The topological polar surface area (TPSA) is 75.8 Å². The molecule has 0 fully saturated rings. The van der Waals surface area contributed by atoms with Gasteiger partial charge in [0.05, 0.1) is 6.54 Å². The van der Waals surface area contributed by atoms with Gasteiger partial charge in [0.2, 0.25) is 0 Å². The zero-order chi connectivity index (χ0) is 21.2. The first-order valence-corrected chi connectivity index (χ1v) is 10.7. The van der Waals surface area contributed by atoms with Crippen molar-refractivity contribution in [1.82, 2.24) is 4.98 Å². The quantitative estimate of drug-likeness (QED) is 0.360. The minimum Gasteiger partial charge on any atom is -0.491 e. The third-order valence-corrected chi connectivity index (χ3v) is 5.07. The van der Waals surface area contributed by atoms with E-state index in [0.29, 0.717) is 24.9 Å². The molecule has 0 spiro atoms. The van der Waals surface area contributed by atoms with Crippen molar-refractivity contribution >= 4 is 23.1 Å². The van der Waals surface area contributed by atoms with Crippen LogP contribution in [0.1, 0.15) is 55.8 Å². The fourth-order valence-corrected chi connectivity index (χ4v) is 3.42.